The van der Waals surface area contributed by atoms with E-state index in [9.17, 15) is 4.39 Å². The summed E-state index contributed by atoms with van der Waals surface area (Å²) in [5.74, 6) is -0.107. The molecule has 3 rings (SSSR count). The number of rotatable bonds is 2. The van der Waals surface area contributed by atoms with Crippen LogP contribution in [0.15, 0.2) is 18.2 Å². The third-order valence-electron chi connectivity index (χ3n) is 5.04. The van der Waals surface area contributed by atoms with Gasteiger partial charge >= 0.3 is 0 Å². The van der Waals surface area contributed by atoms with Crippen molar-refractivity contribution in [1.29, 1.82) is 0 Å². The van der Waals surface area contributed by atoms with Crippen LogP contribution in [0, 0.1) is 17.7 Å². The number of hydrogen-bond acceptors (Lipinski definition) is 2. The minimum Gasteiger partial charge on any atom is -0.375 e. The van der Waals surface area contributed by atoms with Crippen LogP contribution in [0.1, 0.15) is 45.6 Å². The maximum atomic E-state index is 14.2. The van der Waals surface area contributed by atoms with Crippen molar-refractivity contribution >= 4 is 5.69 Å². The van der Waals surface area contributed by atoms with Crippen molar-refractivity contribution in [3.8, 4) is 0 Å². The molecule has 1 spiro atoms. The maximum Gasteiger partial charge on any atom is 0.146 e. The Morgan fingerprint density at radius 3 is 2.52 bits per heavy atom. The first-order valence-corrected chi connectivity index (χ1v) is 7.92. The summed E-state index contributed by atoms with van der Waals surface area (Å²) < 4.78 is 20.2. The van der Waals surface area contributed by atoms with Crippen LogP contribution in [0.3, 0.4) is 0 Å². The molecule has 0 bridgehead atoms. The molecule has 1 radical (unpaired) electrons. The first-order valence-electron chi connectivity index (χ1n) is 7.92. The van der Waals surface area contributed by atoms with Crippen LogP contribution >= 0.6 is 0 Å². The van der Waals surface area contributed by atoms with Gasteiger partial charge in [0.2, 0.25) is 0 Å². The van der Waals surface area contributed by atoms with Crippen LogP contribution in [0.4, 0.5) is 10.1 Å². The third-order valence-corrected chi connectivity index (χ3v) is 5.04. The number of nitrogens with zero attached hydrogens (tertiary/aromatic N) is 1. The van der Waals surface area contributed by atoms with Gasteiger partial charge in [-0.1, -0.05) is 19.1 Å². The summed E-state index contributed by atoms with van der Waals surface area (Å²) in [6.45, 7) is 9.02. The number of benzene rings is 1. The highest BCUT2D eigenvalue weighted by atomic mass is 19.1. The van der Waals surface area contributed by atoms with Gasteiger partial charge in [-0.2, -0.15) is 0 Å². The van der Waals surface area contributed by atoms with Crippen LogP contribution in [0.2, 0.25) is 0 Å². The third kappa shape index (κ3) is 2.80. The molecule has 0 amide bonds. The normalized spacial score (nSPS) is 23.7. The van der Waals surface area contributed by atoms with Crippen molar-refractivity contribution in [3.05, 3.63) is 36.0 Å². The molecule has 1 aromatic carbocycles. The zero-order chi connectivity index (χ0) is 15.1. The molecule has 0 saturated carbocycles. The molecule has 21 heavy (non-hydrogen) atoms. The van der Waals surface area contributed by atoms with E-state index in [1.807, 2.05) is 19.4 Å². The zero-order valence-corrected chi connectivity index (χ0v) is 13.3. The Labute approximate surface area is 127 Å². The average molecular weight is 290 g/mol. The minimum absolute atomic E-state index is 0.00250. The standard InChI is InChI=1S/C18H25FNO/c1-4-14-6-5-7-15(19)16(14)20-10-8-18(9-11-20)12-17(2,3)21-13-18/h4-7H,8-13H2,1-3H3. The Bertz CT molecular complexity index is 518. The molecule has 2 heterocycles. The van der Waals surface area contributed by atoms with E-state index in [1.54, 1.807) is 12.1 Å². The predicted molar refractivity (Wildman–Crippen MR) is 84.0 cm³/mol. The van der Waals surface area contributed by atoms with E-state index in [0.29, 0.717) is 5.41 Å². The highest BCUT2D eigenvalue weighted by Gasteiger charge is 2.46. The van der Waals surface area contributed by atoms with Crippen LogP contribution in [-0.4, -0.2) is 25.3 Å². The monoisotopic (exact) mass is 290 g/mol. The second-order valence-corrected chi connectivity index (χ2v) is 7.18. The molecule has 0 unspecified atom stereocenters. The first-order chi connectivity index (χ1) is 9.95. The molecular formula is C18H25FNO. The summed E-state index contributed by atoms with van der Waals surface area (Å²) in [6.07, 6.45) is 5.30. The lowest BCUT2D eigenvalue weighted by atomic mass is 9.74. The fourth-order valence-electron chi connectivity index (χ4n) is 3.98. The van der Waals surface area contributed by atoms with Gasteiger partial charge in [-0.3, -0.25) is 0 Å². The summed E-state index contributed by atoms with van der Waals surface area (Å²) in [6, 6.07) is 5.34. The van der Waals surface area contributed by atoms with Crippen molar-refractivity contribution in [2.45, 2.75) is 45.6 Å². The predicted octanol–water partition coefficient (Wildman–Crippen LogP) is 4.18. The smallest absolute Gasteiger partial charge is 0.146 e. The molecule has 0 aliphatic carbocycles. The molecule has 115 valence electrons. The minimum atomic E-state index is -0.107. The lowest BCUT2D eigenvalue weighted by molar-refractivity contribution is 0.0295. The van der Waals surface area contributed by atoms with Gasteiger partial charge < -0.3 is 9.64 Å². The second-order valence-electron chi connectivity index (χ2n) is 7.18. The number of hydrogen-bond donors (Lipinski definition) is 0. The Hall–Kier alpha value is -1.09. The molecule has 2 fully saturated rings. The van der Waals surface area contributed by atoms with Crippen LogP contribution in [0.25, 0.3) is 0 Å². The average Bonchev–Trinajstić information content (AvgIpc) is 2.75. The Morgan fingerprint density at radius 2 is 1.95 bits per heavy atom. The van der Waals surface area contributed by atoms with Crippen molar-refractivity contribution in [2.75, 3.05) is 24.6 Å². The van der Waals surface area contributed by atoms with Crippen LogP contribution < -0.4 is 4.90 Å². The van der Waals surface area contributed by atoms with E-state index < -0.39 is 0 Å². The summed E-state index contributed by atoms with van der Waals surface area (Å²) in [5.41, 5.74) is 2.08. The maximum absolute atomic E-state index is 14.2. The topological polar surface area (TPSA) is 12.5 Å². The van der Waals surface area contributed by atoms with E-state index in [4.69, 9.17) is 4.74 Å². The summed E-state index contributed by atoms with van der Waals surface area (Å²) >= 11 is 0. The molecule has 0 N–H and O–H groups in total. The molecular weight excluding hydrogens is 265 g/mol. The largest absolute Gasteiger partial charge is 0.375 e. The Kier molecular flexibility index (Phi) is 3.73. The van der Waals surface area contributed by atoms with E-state index in [0.717, 1.165) is 50.2 Å². The molecule has 2 nitrogen and oxygen atoms in total. The molecule has 0 aromatic heterocycles. The van der Waals surface area contributed by atoms with Gasteiger partial charge in [-0.05, 0) is 56.6 Å². The van der Waals surface area contributed by atoms with Crippen molar-refractivity contribution in [2.24, 2.45) is 5.41 Å². The lowest BCUT2D eigenvalue weighted by Crippen LogP contribution is -2.41. The number of para-hydroxylation sites is 1. The highest BCUT2D eigenvalue weighted by Crippen LogP contribution is 2.47. The SMILES string of the molecule is C[CH]c1cccc(F)c1N1CCC2(CC1)COC(C)(C)C2. The van der Waals surface area contributed by atoms with Gasteiger partial charge in [0.25, 0.3) is 0 Å². The number of halogens is 1. The molecule has 0 atom stereocenters. The van der Waals surface area contributed by atoms with Gasteiger partial charge in [-0.15, -0.1) is 0 Å². The van der Waals surface area contributed by atoms with Crippen LogP contribution in [-0.2, 0) is 4.74 Å². The van der Waals surface area contributed by atoms with Crippen molar-refractivity contribution in [3.63, 3.8) is 0 Å². The first kappa shape index (κ1) is 14.8. The Balaban J connectivity index is 1.75. The number of ether oxygens (including phenoxy) is 1. The molecule has 2 aliphatic rings. The fraction of sp³-hybridized carbons (Fsp3) is 0.611. The van der Waals surface area contributed by atoms with E-state index in [-0.39, 0.29) is 11.4 Å². The second kappa shape index (κ2) is 5.28. The summed E-state index contributed by atoms with van der Waals surface area (Å²) in [4.78, 5) is 2.21. The van der Waals surface area contributed by atoms with Gasteiger partial charge in [-0.25, -0.2) is 4.39 Å². The summed E-state index contributed by atoms with van der Waals surface area (Å²) in [5, 5.41) is 0. The molecule has 2 saturated heterocycles. The number of piperidine rings is 1. The fourth-order valence-corrected chi connectivity index (χ4v) is 3.98. The number of anilines is 1. The summed E-state index contributed by atoms with van der Waals surface area (Å²) in [7, 11) is 0. The van der Waals surface area contributed by atoms with Crippen molar-refractivity contribution < 1.29 is 9.13 Å². The van der Waals surface area contributed by atoms with Gasteiger partial charge in [0, 0.05) is 13.1 Å². The Morgan fingerprint density at radius 1 is 1.24 bits per heavy atom. The lowest BCUT2D eigenvalue weighted by Gasteiger charge is -2.40. The van der Waals surface area contributed by atoms with E-state index >= 15 is 0 Å². The molecule has 2 aliphatic heterocycles. The van der Waals surface area contributed by atoms with E-state index in [1.165, 1.54) is 0 Å². The quantitative estimate of drug-likeness (QED) is 0.810. The highest BCUT2D eigenvalue weighted by molar-refractivity contribution is 5.58. The zero-order valence-electron chi connectivity index (χ0n) is 13.3. The van der Waals surface area contributed by atoms with Gasteiger partial charge in [0.15, 0.2) is 0 Å². The van der Waals surface area contributed by atoms with E-state index in [2.05, 4.69) is 18.7 Å². The van der Waals surface area contributed by atoms with Gasteiger partial charge in [0.1, 0.15) is 5.82 Å². The van der Waals surface area contributed by atoms with Crippen molar-refractivity contribution in [1.82, 2.24) is 0 Å². The molecule has 1 aromatic rings. The van der Waals surface area contributed by atoms with Gasteiger partial charge in [0.05, 0.1) is 17.9 Å². The molecule has 3 heteroatoms. The van der Waals surface area contributed by atoms with Crippen LogP contribution in [0.5, 0.6) is 0 Å².